The lowest BCUT2D eigenvalue weighted by atomic mass is 9.74. The van der Waals surface area contributed by atoms with E-state index in [0.717, 1.165) is 19.3 Å². The minimum absolute atomic E-state index is 0.0289. The van der Waals surface area contributed by atoms with Crippen LogP contribution in [0, 0.1) is 0 Å². The zero-order chi connectivity index (χ0) is 13.9. The molecular weight excluding hydrogens is 246 g/mol. The molecule has 0 saturated heterocycles. The molecule has 1 saturated carbocycles. The van der Waals surface area contributed by atoms with E-state index in [1.807, 2.05) is 13.8 Å². The first-order chi connectivity index (χ1) is 8.99. The Morgan fingerprint density at radius 3 is 2.79 bits per heavy atom. The summed E-state index contributed by atoms with van der Waals surface area (Å²) in [6, 6.07) is 0. The van der Waals surface area contributed by atoms with Crippen LogP contribution in [-0.2, 0) is 4.79 Å². The number of nitrogens with one attached hydrogen (secondary N) is 1. The van der Waals surface area contributed by atoms with E-state index in [4.69, 9.17) is 9.84 Å². The first-order valence-corrected chi connectivity index (χ1v) is 6.48. The van der Waals surface area contributed by atoms with Gasteiger partial charge in [0.1, 0.15) is 5.82 Å². The highest BCUT2D eigenvalue weighted by Crippen LogP contribution is 2.37. The Balaban J connectivity index is 2.07. The maximum Gasteiger partial charge on any atom is 0.305 e. The Morgan fingerprint density at radius 1 is 1.53 bits per heavy atom. The minimum Gasteiger partial charge on any atom is -0.481 e. The van der Waals surface area contributed by atoms with Gasteiger partial charge in [0.25, 0.3) is 0 Å². The van der Waals surface area contributed by atoms with Crippen LogP contribution in [0.3, 0.4) is 0 Å². The molecule has 1 aromatic rings. The number of aromatic nitrogens is 2. The average Bonchev–Trinajstić information content (AvgIpc) is 2.25. The number of nitrogens with zero attached hydrogens (tertiary/aromatic N) is 2. The summed E-state index contributed by atoms with van der Waals surface area (Å²) < 4.78 is 5.47. The van der Waals surface area contributed by atoms with Crippen LogP contribution < -0.4 is 10.1 Å². The van der Waals surface area contributed by atoms with E-state index >= 15 is 0 Å². The molecule has 0 bridgehead atoms. The molecule has 6 nitrogen and oxygen atoms in total. The van der Waals surface area contributed by atoms with Crippen LogP contribution in [-0.4, -0.2) is 32.7 Å². The molecule has 0 spiro atoms. The summed E-state index contributed by atoms with van der Waals surface area (Å²) in [6.07, 6.45) is 6.00. The number of hydrogen-bond donors (Lipinski definition) is 2. The van der Waals surface area contributed by atoms with Crippen molar-refractivity contribution in [1.82, 2.24) is 9.97 Å². The fourth-order valence-corrected chi connectivity index (χ4v) is 2.22. The largest absolute Gasteiger partial charge is 0.481 e. The van der Waals surface area contributed by atoms with Gasteiger partial charge in [0, 0.05) is 5.54 Å². The van der Waals surface area contributed by atoms with Crippen LogP contribution >= 0.6 is 0 Å². The summed E-state index contributed by atoms with van der Waals surface area (Å²) in [5, 5.41) is 12.2. The van der Waals surface area contributed by atoms with Gasteiger partial charge in [-0.15, -0.1) is 0 Å². The van der Waals surface area contributed by atoms with Crippen LogP contribution in [0.5, 0.6) is 5.88 Å². The van der Waals surface area contributed by atoms with Gasteiger partial charge in [-0.2, -0.15) is 4.98 Å². The van der Waals surface area contributed by atoms with Crippen molar-refractivity contribution in [3.8, 4) is 5.88 Å². The van der Waals surface area contributed by atoms with Gasteiger partial charge in [-0.25, -0.2) is 0 Å². The number of rotatable bonds is 6. The zero-order valence-electron chi connectivity index (χ0n) is 11.2. The zero-order valence-corrected chi connectivity index (χ0v) is 11.2. The van der Waals surface area contributed by atoms with E-state index in [9.17, 15) is 4.79 Å². The molecule has 0 unspecified atom stereocenters. The molecule has 0 aromatic carbocycles. The van der Waals surface area contributed by atoms with Crippen molar-refractivity contribution < 1.29 is 14.6 Å². The van der Waals surface area contributed by atoms with Crippen molar-refractivity contribution in [2.75, 3.05) is 5.32 Å². The standard InChI is InChI=1S/C13H19N3O3/c1-9(2)19-11-8-14-7-10(15-11)16-13(4-3-5-13)6-12(17)18/h7-9H,3-6H2,1-2H3,(H,15,16)(H,17,18). The molecule has 1 aliphatic rings. The highest BCUT2D eigenvalue weighted by molar-refractivity contribution is 5.69. The van der Waals surface area contributed by atoms with Crippen LogP contribution in [0.4, 0.5) is 5.82 Å². The number of carboxylic acid groups (broad SMARTS) is 1. The van der Waals surface area contributed by atoms with E-state index in [1.54, 1.807) is 12.4 Å². The van der Waals surface area contributed by atoms with Crippen LogP contribution in [0.2, 0.25) is 0 Å². The molecule has 6 heteroatoms. The van der Waals surface area contributed by atoms with E-state index in [1.165, 1.54) is 0 Å². The highest BCUT2D eigenvalue weighted by atomic mass is 16.5. The third-order valence-corrected chi connectivity index (χ3v) is 3.16. The molecule has 1 heterocycles. The molecular formula is C13H19N3O3. The summed E-state index contributed by atoms with van der Waals surface area (Å²) in [5.74, 6) is 0.221. The van der Waals surface area contributed by atoms with Crippen molar-refractivity contribution in [3.05, 3.63) is 12.4 Å². The van der Waals surface area contributed by atoms with Crippen molar-refractivity contribution in [3.63, 3.8) is 0 Å². The topological polar surface area (TPSA) is 84.3 Å². The molecule has 1 aromatic heterocycles. The predicted molar refractivity (Wildman–Crippen MR) is 70.3 cm³/mol. The summed E-state index contributed by atoms with van der Waals surface area (Å²) in [7, 11) is 0. The number of carbonyl (C=O) groups is 1. The average molecular weight is 265 g/mol. The Labute approximate surface area is 112 Å². The second-order valence-electron chi connectivity index (χ2n) is 5.24. The van der Waals surface area contributed by atoms with Crippen molar-refractivity contribution >= 4 is 11.8 Å². The van der Waals surface area contributed by atoms with Gasteiger partial charge in [0.15, 0.2) is 0 Å². The number of carboxylic acids is 1. The summed E-state index contributed by atoms with van der Waals surface area (Å²) in [4.78, 5) is 19.3. The third-order valence-electron chi connectivity index (χ3n) is 3.16. The molecule has 0 aliphatic heterocycles. The minimum atomic E-state index is -0.797. The second kappa shape index (κ2) is 5.42. The number of aliphatic carboxylic acids is 1. The maximum absolute atomic E-state index is 10.9. The molecule has 1 fully saturated rings. The summed E-state index contributed by atoms with van der Waals surface area (Å²) >= 11 is 0. The van der Waals surface area contributed by atoms with E-state index in [-0.39, 0.29) is 18.1 Å². The molecule has 0 atom stereocenters. The molecule has 0 radical (unpaired) electrons. The monoisotopic (exact) mass is 265 g/mol. The third kappa shape index (κ3) is 3.56. The number of ether oxygens (including phenoxy) is 1. The summed E-state index contributed by atoms with van der Waals surface area (Å²) in [5.41, 5.74) is -0.378. The van der Waals surface area contributed by atoms with Gasteiger partial charge in [-0.3, -0.25) is 9.78 Å². The van der Waals surface area contributed by atoms with Crippen molar-refractivity contribution in [2.24, 2.45) is 0 Å². The van der Waals surface area contributed by atoms with Crippen LogP contribution in [0.1, 0.15) is 39.5 Å². The lowest BCUT2D eigenvalue weighted by molar-refractivity contribution is -0.138. The van der Waals surface area contributed by atoms with Gasteiger partial charge in [-0.1, -0.05) is 0 Å². The molecule has 19 heavy (non-hydrogen) atoms. The van der Waals surface area contributed by atoms with E-state index in [2.05, 4.69) is 15.3 Å². The van der Waals surface area contributed by atoms with Gasteiger partial charge < -0.3 is 15.2 Å². The van der Waals surface area contributed by atoms with Crippen LogP contribution in [0.25, 0.3) is 0 Å². The van der Waals surface area contributed by atoms with Crippen molar-refractivity contribution in [1.29, 1.82) is 0 Å². The smallest absolute Gasteiger partial charge is 0.305 e. The second-order valence-corrected chi connectivity index (χ2v) is 5.24. The SMILES string of the molecule is CC(C)Oc1cncc(NC2(CC(=O)O)CCC2)n1. The molecule has 0 amide bonds. The Hall–Kier alpha value is -1.85. The van der Waals surface area contributed by atoms with Gasteiger partial charge in [-0.05, 0) is 33.1 Å². The first kappa shape index (κ1) is 13.6. The summed E-state index contributed by atoms with van der Waals surface area (Å²) in [6.45, 7) is 3.83. The quantitative estimate of drug-likeness (QED) is 0.819. The lowest BCUT2D eigenvalue weighted by Gasteiger charge is -2.41. The molecule has 104 valence electrons. The highest BCUT2D eigenvalue weighted by Gasteiger charge is 2.39. The normalized spacial score (nSPS) is 16.8. The van der Waals surface area contributed by atoms with E-state index < -0.39 is 5.97 Å². The first-order valence-electron chi connectivity index (χ1n) is 6.48. The van der Waals surface area contributed by atoms with E-state index in [0.29, 0.717) is 11.7 Å². The fraction of sp³-hybridized carbons (Fsp3) is 0.615. The number of hydrogen-bond acceptors (Lipinski definition) is 5. The molecule has 1 aliphatic carbocycles. The fourth-order valence-electron chi connectivity index (χ4n) is 2.22. The van der Waals surface area contributed by atoms with Crippen LogP contribution in [0.15, 0.2) is 12.4 Å². The predicted octanol–water partition coefficient (Wildman–Crippen LogP) is 2.07. The Morgan fingerprint density at radius 2 is 2.26 bits per heavy atom. The van der Waals surface area contributed by atoms with Crippen molar-refractivity contribution in [2.45, 2.75) is 51.2 Å². The molecule has 2 rings (SSSR count). The van der Waals surface area contributed by atoms with Gasteiger partial charge in [0.2, 0.25) is 5.88 Å². The lowest BCUT2D eigenvalue weighted by Crippen LogP contribution is -2.47. The number of anilines is 1. The Kier molecular flexibility index (Phi) is 3.87. The van der Waals surface area contributed by atoms with Gasteiger partial charge >= 0.3 is 5.97 Å². The maximum atomic E-state index is 10.9. The van der Waals surface area contributed by atoms with Gasteiger partial charge in [0.05, 0.1) is 24.9 Å². The molecule has 2 N–H and O–H groups in total. The Bertz CT molecular complexity index is 458.